The fourth-order valence-electron chi connectivity index (χ4n) is 2.38. The highest BCUT2D eigenvalue weighted by molar-refractivity contribution is 7.92. The third-order valence-electron chi connectivity index (χ3n) is 3.55. The molecule has 22 heavy (non-hydrogen) atoms. The summed E-state index contributed by atoms with van der Waals surface area (Å²) in [5.41, 5.74) is 2.24. The Balaban J connectivity index is 2.52. The van der Waals surface area contributed by atoms with E-state index < -0.39 is 10.0 Å². The summed E-state index contributed by atoms with van der Waals surface area (Å²) in [5, 5.41) is 4.32. The Morgan fingerprint density at radius 3 is 2.45 bits per heavy atom. The molecule has 0 saturated carbocycles. The average Bonchev–Trinajstić information content (AvgIpc) is 2.82. The van der Waals surface area contributed by atoms with Gasteiger partial charge in [0.15, 0.2) is 0 Å². The second-order valence-corrected chi connectivity index (χ2v) is 7.49. The Morgan fingerprint density at radius 1 is 1.27 bits per heavy atom. The van der Waals surface area contributed by atoms with E-state index >= 15 is 0 Å². The molecule has 0 unspecified atom stereocenters. The molecule has 0 aliphatic rings. The molecule has 0 fully saturated rings. The molecule has 1 heterocycles. The zero-order chi connectivity index (χ0) is 16.5. The molecule has 0 radical (unpaired) electrons. The molecule has 0 aliphatic heterocycles. The zero-order valence-electron chi connectivity index (χ0n) is 13.7. The predicted molar refractivity (Wildman–Crippen MR) is 88.7 cm³/mol. The monoisotopic (exact) mass is 321 g/mol. The van der Waals surface area contributed by atoms with Crippen LogP contribution in [0.2, 0.25) is 0 Å². The van der Waals surface area contributed by atoms with Crippen LogP contribution >= 0.6 is 0 Å². The van der Waals surface area contributed by atoms with Gasteiger partial charge in [0.2, 0.25) is 0 Å². The molecular weight excluding hydrogens is 298 g/mol. The molecule has 0 spiro atoms. The number of aryl methyl sites for hydroxylation is 2. The average molecular weight is 321 g/mol. The molecular formula is C16H23N3O2S. The van der Waals surface area contributed by atoms with Gasteiger partial charge in [-0.25, -0.2) is 8.42 Å². The first-order valence-corrected chi connectivity index (χ1v) is 8.86. The van der Waals surface area contributed by atoms with Gasteiger partial charge in [0, 0.05) is 18.8 Å². The summed E-state index contributed by atoms with van der Waals surface area (Å²) in [6.45, 7) is 9.84. The molecule has 0 bridgehead atoms. The van der Waals surface area contributed by atoms with E-state index in [1.807, 2.05) is 52.0 Å². The summed E-state index contributed by atoms with van der Waals surface area (Å²) >= 11 is 0. The Bertz CT molecular complexity index is 763. The normalized spacial score (nSPS) is 11.9. The number of nitrogens with zero attached hydrogens (tertiary/aromatic N) is 3. The van der Waals surface area contributed by atoms with Gasteiger partial charge in [0.1, 0.15) is 4.90 Å². The summed E-state index contributed by atoms with van der Waals surface area (Å²) in [6.07, 6.45) is 1.62. The van der Waals surface area contributed by atoms with E-state index in [1.165, 1.54) is 4.31 Å². The highest BCUT2D eigenvalue weighted by Crippen LogP contribution is 2.26. The van der Waals surface area contributed by atoms with E-state index in [0.29, 0.717) is 17.9 Å². The molecule has 0 amide bonds. The van der Waals surface area contributed by atoms with Crippen LogP contribution in [-0.4, -0.2) is 24.7 Å². The van der Waals surface area contributed by atoms with E-state index in [2.05, 4.69) is 5.10 Å². The minimum Gasteiger partial charge on any atom is -0.269 e. The van der Waals surface area contributed by atoms with Crippen LogP contribution in [0.3, 0.4) is 0 Å². The molecule has 2 aromatic rings. The summed E-state index contributed by atoms with van der Waals surface area (Å²) in [4.78, 5) is 0.268. The molecule has 120 valence electrons. The van der Waals surface area contributed by atoms with Crippen LogP contribution in [0.5, 0.6) is 0 Å². The zero-order valence-corrected chi connectivity index (χ0v) is 14.6. The van der Waals surface area contributed by atoms with Crippen molar-refractivity contribution >= 4 is 15.7 Å². The second-order valence-electron chi connectivity index (χ2n) is 5.66. The van der Waals surface area contributed by atoms with E-state index in [9.17, 15) is 8.42 Å². The Labute approximate surface area is 132 Å². The van der Waals surface area contributed by atoms with Crippen molar-refractivity contribution in [2.24, 2.45) is 0 Å². The molecule has 2 rings (SSSR count). The summed E-state index contributed by atoms with van der Waals surface area (Å²) in [7, 11) is -3.61. The van der Waals surface area contributed by atoms with Crippen LogP contribution < -0.4 is 4.31 Å². The Morgan fingerprint density at radius 2 is 1.95 bits per heavy atom. The SMILES string of the molecule is CCN(c1cccc(C)c1)S(=O)(=O)c1cn(C(C)C)nc1C. The van der Waals surface area contributed by atoms with Gasteiger partial charge in [0.25, 0.3) is 10.0 Å². The van der Waals surface area contributed by atoms with E-state index in [0.717, 1.165) is 5.56 Å². The molecule has 0 N–H and O–H groups in total. The van der Waals surface area contributed by atoms with E-state index in [-0.39, 0.29) is 10.9 Å². The van der Waals surface area contributed by atoms with Crippen molar-refractivity contribution in [3.63, 3.8) is 0 Å². The van der Waals surface area contributed by atoms with Gasteiger partial charge in [-0.15, -0.1) is 0 Å². The number of hydrogen-bond acceptors (Lipinski definition) is 3. The predicted octanol–water partition coefficient (Wildman–Crippen LogP) is 3.30. The third-order valence-corrected chi connectivity index (χ3v) is 5.55. The summed E-state index contributed by atoms with van der Waals surface area (Å²) < 4.78 is 29.1. The Hall–Kier alpha value is -1.82. The van der Waals surface area contributed by atoms with Crippen LogP contribution in [0.4, 0.5) is 5.69 Å². The van der Waals surface area contributed by atoms with Crippen molar-refractivity contribution in [2.75, 3.05) is 10.8 Å². The van der Waals surface area contributed by atoms with Crippen molar-refractivity contribution in [1.82, 2.24) is 9.78 Å². The number of rotatable bonds is 5. The van der Waals surface area contributed by atoms with Crippen LogP contribution in [0.25, 0.3) is 0 Å². The van der Waals surface area contributed by atoms with Crippen molar-refractivity contribution in [1.29, 1.82) is 0 Å². The largest absolute Gasteiger partial charge is 0.269 e. The lowest BCUT2D eigenvalue weighted by molar-refractivity contribution is 0.528. The van der Waals surface area contributed by atoms with Crippen molar-refractivity contribution in [3.05, 3.63) is 41.7 Å². The van der Waals surface area contributed by atoms with Gasteiger partial charge in [-0.1, -0.05) is 12.1 Å². The van der Waals surface area contributed by atoms with Gasteiger partial charge >= 0.3 is 0 Å². The Kier molecular flexibility index (Phi) is 4.60. The second kappa shape index (κ2) is 6.12. The number of aromatic nitrogens is 2. The van der Waals surface area contributed by atoms with Gasteiger partial charge in [-0.2, -0.15) is 5.10 Å². The van der Waals surface area contributed by atoms with E-state index in [4.69, 9.17) is 0 Å². The van der Waals surface area contributed by atoms with Crippen LogP contribution in [-0.2, 0) is 10.0 Å². The lowest BCUT2D eigenvalue weighted by Crippen LogP contribution is -2.31. The molecule has 1 aromatic heterocycles. The smallest absolute Gasteiger partial charge is 0.267 e. The van der Waals surface area contributed by atoms with E-state index in [1.54, 1.807) is 17.8 Å². The van der Waals surface area contributed by atoms with Crippen molar-refractivity contribution < 1.29 is 8.42 Å². The summed E-state index contributed by atoms with van der Waals surface area (Å²) in [5.74, 6) is 0. The molecule has 6 heteroatoms. The number of hydrogen-bond donors (Lipinski definition) is 0. The highest BCUT2D eigenvalue weighted by atomic mass is 32.2. The topological polar surface area (TPSA) is 55.2 Å². The number of anilines is 1. The highest BCUT2D eigenvalue weighted by Gasteiger charge is 2.28. The maximum absolute atomic E-state index is 13.0. The minimum absolute atomic E-state index is 0.122. The molecule has 1 aromatic carbocycles. The maximum Gasteiger partial charge on any atom is 0.267 e. The minimum atomic E-state index is -3.61. The van der Waals surface area contributed by atoms with Crippen molar-refractivity contribution in [3.8, 4) is 0 Å². The third kappa shape index (κ3) is 3.02. The number of benzene rings is 1. The fraction of sp³-hybridized carbons (Fsp3) is 0.438. The van der Waals surface area contributed by atoms with Crippen LogP contribution in [0, 0.1) is 13.8 Å². The molecule has 0 atom stereocenters. The quantitative estimate of drug-likeness (QED) is 0.849. The van der Waals surface area contributed by atoms with Gasteiger partial charge in [0.05, 0.1) is 11.4 Å². The molecule has 0 saturated heterocycles. The number of sulfonamides is 1. The first kappa shape index (κ1) is 16.5. The lowest BCUT2D eigenvalue weighted by atomic mass is 10.2. The molecule has 0 aliphatic carbocycles. The first-order chi connectivity index (χ1) is 10.3. The molecule has 5 nitrogen and oxygen atoms in total. The fourth-order valence-corrected chi connectivity index (χ4v) is 4.00. The summed E-state index contributed by atoms with van der Waals surface area (Å²) in [6, 6.07) is 7.63. The van der Waals surface area contributed by atoms with Gasteiger partial charge in [-0.05, 0) is 52.3 Å². The first-order valence-electron chi connectivity index (χ1n) is 7.42. The maximum atomic E-state index is 13.0. The van der Waals surface area contributed by atoms with Crippen molar-refractivity contribution in [2.45, 2.75) is 45.6 Å². The van der Waals surface area contributed by atoms with Crippen LogP contribution in [0.1, 0.15) is 38.1 Å². The lowest BCUT2D eigenvalue weighted by Gasteiger charge is -2.22. The van der Waals surface area contributed by atoms with Gasteiger partial charge < -0.3 is 0 Å². The standard InChI is InChI=1S/C16H23N3O2S/c1-6-19(15-9-7-8-13(4)10-15)22(20,21)16-11-18(12(2)3)17-14(16)5/h7-12H,6H2,1-5H3. The van der Waals surface area contributed by atoms with Crippen LogP contribution in [0.15, 0.2) is 35.4 Å². The van der Waals surface area contributed by atoms with Gasteiger partial charge in [-0.3, -0.25) is 8.99 Å².